The number of hydrogen-bond donors (Lipinski definition) is 1. The molecule has 20 heavy (non-hydrogen) atoms. The van der Waals surface area contributed by atoms with Gasteiger partial charge in [0.05, 0.1) is 4.90 Å². The van der Waals surface area contributed by atoms with Crippen molar-refractivity contribution < 1.29 is 8.42 Å². The number of rotatable bonds is 3. The first-order valence-corrected chi connectivity index (χ1v) is 8.82. The predicted octanol–water partition coefficient (Wildman–Crippen LogP) is 3.83. The molecule has 2 unspecified atom stereocenters. The number of halogens is 1. The minimum atomic E-state index is -3.46. The molecule has 1 fully saturated rings. The summed E-state index contributed by atoms with van der Waals surface area (Å²) in [5, 5.41) is 0.538. The standard InChI is InChI=1S/C15H22ClNO2S/c1-11-8-13(10-15(2,3)9-11)17-20(18,19)14-6-4-12(16)5-7-14/h4-7,11,13,17H,8-10H2,1-3H3. The molecule has 0 aliphatic heterocycles. The van der Waals surface area contributed by atoms with E-state index in [4.69, 9.17) is 11.6 Å². The van der Waals surface area contributed by atoms with E-state index in [1.54, 1.807) is 24.3 Å². The van der Waals surface area contributed by atoms with Crippen LogP contribution >= 0.6 is 11.6 Å². The number of sulfonamides is 1. The number of nitrogens with one attached hydrogen (secondary N) is 1. The summed E-state index contributed by atoms with van der Waals surface area (Å²) < 4.78 is 27.6. The fourth-order valence-corrected chi connectivity index (χ4v) is 4.71. The predicted molar refractivity (Wildman–Crippen MR) is 82.4 cm³/mol. The van der Waals surface area contributed by atoms with Gasteiger partial charge in [-0.15, -0.1) is 0 Å². The summed E-state index contributed by atoms with van der Waals surface area (Å²) in [6.45, 7) is 6.59. The molecule has 0 spiro atoms. The number of benzene rings is 1. The molecule has 1 aromatic carbocycles. The van der Waals surface area contributed by atoms with E-state index >= 15 is 0 Å². The van der Waals surface area contributed by atoms with Crippen molar-refractivity contribution in [1.82, 2.24) is 4.72 Å². The molecule has 0 amide bonds. The quantitative estimate of drug-likeness (QED) is 0.921. The third-order valence-corrected chi connectivity index (χ3v) is 5.62. The molecule has 0 saturated heterocycles. The second-order valence-electron chi connectivity index (χ2n) is 6.69. The Morgan fingerprint density at radius 1 is 1.20 bits per heavy atom. The first-order valence-electron chi connectivity index (χ1n) is 6.96. The van der Waals surface area contributed by atoms with Crippen molar-refractivity contribution in [2.24, 2.45) is 11.3 Å². The van der Waals surface area contributed by atoms with Gasteiger partial charge in [0.25, 0.3) is 0 Å². The Kier molecular flexibility index (Phi) is 4.47. The maximum Gasteiger partial charge on any atom is 0.240 e. The van der Waals surface area contributed by atoms with E-state index in [9.17, 15) is 8.42 Å². The van der Waals surface area contributed by atoms with E-state index in [0.29, 0.717) is 10.9 Å². The van der Waals surface area contributed by atoms with E-state index in [1.165, 1.54) is 0 Å². The molecule has 1 aromatic rings. The van der Waals surface area contributed by atoms with Crippen LogP contribution in [-0.4, -0.2) is 14.5 Å². The van der Waals surface area contributed by atoms with Crippen LogP contribution in [0.2, 0.25) is 5.02 Å². The van der Waals surface area contributed by atoms with Crippen LogP contribution in [0.1, 0.15) is 40.0 Å². The van der Waals surface area contributed by atoms with Crippen LogP contribution in [0.15, 0.2) is 29.2 Å². The lowest BCUT2D eigenvalue weighted by atomic mass is 9.71. The van der Waals surface area contributed by atoms with Gasteiger partial charge in [0, 0.05) is 11.1 Å². The Morgan fingerprint density at radius 2 is 1.80 bits per heavy atom. The minimum Gasteiger partial charge on any atom is -0.208 e. The fourth-order valence-electron chi connectivity index (χ4n) is 3.34. The first-order chi connectivity index (χ1) is 9.18. The zero-order valence-corrected chi connectivity index (χ0v) is 13.8. The van der Waals surface area contributed by atoms with Crippen molar-refractivity contribution in [1.29, 1.82) is 0 Å². The summed E-state index contributed by atoms with van der Waals surface area (Å²) in [7, 11) is -3.46. The average Bonchev–Trinajstić information content (AvgIpc) is 2.25. The molecular formula is C15H22ClNO2S. The molecule has 1 aliphatic carbocycles. The highest BCUT2D eigenvalue weighted by atomic mass is 35.5. The van der Waals surface area contributed by atoms with Gasteiger partial charge in [0.2, 0.25) is 10.0 Å². The van der Waals surface area contributed by atoms with Gasteiger partial charge >= 0.3 is 0 Å². The van der Waals surface area contributed by atoms with Crippen LogP contribution in [0.5, 0.6) is 0 Å². The Labute approximate surface area is 126 Å². The molecule has 2 atom stereocenters. The highest BCUT2D eigenvalue weighted by Crippen LogP contribution is 2.38. The third-order valence-electron chi connectivity index (χ3n) is 3.83. The van der Waals surface area contributed by atoms with Crippen molar-refractivity contribution in [3.8, 4) is 0 Å². The van der Waals surface area contributed by atoms with Crippen LogP contribution in [0.4, 0.5) is 0 Å². The van der Waals surface area contributed by atoms with Crippen molar-refractivity contribution in [3.63, 3.8) is 0 Å². The van der Waals surface area contributed by atoms with E-state index in [0.717, 1.165) is 19.3 Å². The molecule has 1 saturated carbocycles. The zero-order valence-electron chi connectivity index (χ0n) is 12.2. The van der Waals surface area contributed by atoms with Gasteiger partial charge in [-0.1, -0.05) is 32.4 Å². The summed E-state index contributed by atoms with van der Waals surface area (Å²) in [6, 6.07) is 6.30. The average molecular weight is 316 g/mol. The highest BCUT2D eigenvalue weighted by Gasteiger charge is 2.34. The summed E-state index contributed by atoms with van der Waals surface area (Å²) >= 11 is 5.79. The topological polar surface area (TPSA) is 46.2 Å². The Morgan fingerprint density at radius 3 is 2.35 bits per heavy atom. The van der Waals surface area contributed by atoms with E-state index in [2.05, 4.69) is 25.5 Å². The maximum atomic E-state index is 12.4. The van der Waals surface area contributed by atoms with E-state index in [1.807, 2.05) is 0 Å². The molecule has 0 aromatic heterocycles. The van der Waals surface area contributed by atoms with Gasteiger partial charge in [0.15, 0.2) is 0 Å². The van der Waals surface area contributed by atoms with Crippen molar-refractivity contribution in [3.05, 3.63) is 29.3 Å². The summed E-state index contributed by atoms with van der Waals surface area (Å²) in [5.74, 6) is 0.539. The normalized spacial score (nSPS) is 26.4. The molecule has 3 nitrogen and oxygen atoms in total. The van der Waals surface area contributed by atoms with Crippen molar-refractivity contribution in [2.45, 2.75) is 51.0 Å². The summed E-state index contributed by atoms with van der Waals surface area (Å²) in [6.07, 6.45) is 2.92. The maximum absolute atomic E-state index is 12.4. The van der Waals surface area contributed by atoms with Gasteiger partial charge in [-0.25, -0.2) is 13.1 Å². The summed E-state index contributed by atoms with van der Waals surface area (Å²) in [5.41, 5.74) is 0.185. The fraction of sp³-hybridized carbons (Fsp3) is 0.600. The lowest BCUT2D eigenvalue weighted by Gasteiger charge is -2.39. The van der Waals surface area contributed by atoms with E-state index < -0.39 is 10.0 Å². The first kappa shape index (κ1) is 15.8. The van der Waals surface area contributed by atoms with Crippen molar-refractivity contribution in [2.75, 3.05) is 0 Å². The zero-order chi connectivity index (χ0) is 15.0. The van der Waals surface area contributed by atoms with Crippen molar-refractivity contribution >= 4 is 21.6 Å². The van der Waals surface area contributed by atoms with Gasteiger partial charge in [0.1, 0.15) is 0 Å². The molecule has 0 radical (unpaired) electrons. The third kappa shape index (κ3) is 3.96. The lowest BCUT2D eigenvalue weighted by molar-refractivity contribution is 0.163. The second-order valence-corrected chi connectivity index (χ2v) is 8.84. The summed E-state index contributed by atoms with van der Waals surface area (Å²) in [4.78, 5) is 0.276. The molecule has 0 heterocycles. The Bertz CT molecular complexity index is 566. The molecule has 1 N–H and O–H groups in total. The largest absolute Gasteiger partial charge is 0.240 e. The minimum absolute atomic E-state index is 0.00873. The van der Waals surface area contributed by atoms with Crippen LogP contribution < -0.4 is 4.72 Å². The molecule has 5 heteroatoms. The molecular weight excluding hydrogens is 294 g/mol. The Balaban J connectivity index is 2.14. The van der Waals surface area contributed by atoms with Gasteiger partial charge in [-0.3, -0.25) is 0 Å². The van der Waals surface area contributed by atoms with Gasteiger partial charge in [-0.2, -0.15) is 0 Å². The van der Waals surface area contributed by atoms with Gasteiger partial charge in [-0.05, 0) is 54.9 Å². The van der Waals surface area contributed by atoms with Gasteiger partial charge < -0.3 is 0 Å². The van der Waals surface area contributed by atoms with E-state index in [-0.39, 0.29) is 16.4 Å². The van der Waals surface area contributed by atoms with Crippen LogP contribution in [0.3, 0.4) is 0 Å². The second kappa shape index (κ2) is 5.66. The lowest BCUT2D eigenvalue weighted by Crippen LogP contribution is -2.42. The smallest absolute Gasteiger partial charge is 0.208 e. The molecule has 1 aliphatic rings. The SMILES string of the molecule is CC1CC(NS(=O)(=O)c2ccc(Cl)cc2)CC(C)(C)C1. The monoisotopic (exact) mass is 315 g/mol. The molecule has 112 valence electrons. The molecule has 0 bridgehead atoms. The van der Waals surface area contributed by atoms with Crippen LogP contribution in [-0.2, 0) is 10.0 Å². The Hall–Kier alpha value is -0.580. The highest BCUT2D eigenvalue weighted by molar-refractivity contribution is 7.89. The molecule has 2 rings (SSSR count). The van der Waals surface area contributed by atoms with Crippen LogP contribution in [0.25, 0.3) is 0 Å². The number of hydrogen-bond acceptors (Lipinski definition) is 2. The van der Waals surface area contributed by atoms with Crippen LogP contribution in [0, 0.1) is 11.3 Å².